The number of hydrogen-bond acceptors (Lipinski definition) is 9. The molecule has 10 nitrogen and oxygen atoms in total. The molecule has 130 valence electrons. The van der Waals surface area contributed by atoms with E-state index < -0.39 is 4.92 Å². The fraction of sp³-hybridized carbons (Fsp3) is 0.692. The Bertz CT molecular complexity index is 480. The van der Waals surface area contributed by atoms with Gasteiger partial charge in [0.2, 0.25) is 11.6 Å². The highest BCUT2D eigenvalue weighted by Gasteiger charge is 2.26. The van der Waals surface area contributed by atoms with Gasteiger partial charge in [0.05, 0.1) is 24.7 Å². The maximum absolute atomic E-state index is 11.5. The quantitative estimate of drug-likeness (QED) is 0.333. The highest BCUT2D eigenvalue weighted by molar-refractivity contribution is 5.70. The van der Waals surface area contributed by atoms with E-state index in [-0.39, 0.29) is 17.3 Å². The molecule has 0 radical (unpaired) electrons. The van der Waals surface area contributed by atoms with Gasteiger partial charge in [-0.2, -0.15) is 0 Å². The maximum Gasteiger partial charge on any atom is 0.353 e. The standard InChI is InChI=1S/C13H23N5O5/c1-21-7-4-14-12-11(18(19)20)13(16-10-15-12)17(5-8-22-2)6-9-23-3/h10H,4-9H2,1-3H3,(H,14,15,16). The van der Waals surface area contributed by atoms with Crippen LogP contribution in [0.15, 0.2) is 6.33 Å². The van der Waals surface area contributed by atoms with Gasteiger partial charge in [0, 0.05) is 41.0 Å². The lowest BCUT2D eigenvalue weighted by Gasteiger charge is -2.23. The minimum Gasteiger partial charge on any atom is -0.383 e. The van der Waals surface area contributed by atoms with Gasteiger partial charge in [-0.15, -0.1) is 0 Å². The summed E-state index contributed by atoms with van der Waals surface area (Å²) in [7, 11) is 4.69. The molecule has 0 amide bonds. The molecule has 0 aliphatic rings. The maximum atomic E-state index is 11.5. The SMILES string of the molecule is COCCNc1ncnc(N(CCOC)CCOC)c1[N+](=O)[O-]. The summed E-state index contributed by atoms with van der Waals surface area (Å²) in [5, 5.41) is 14.4. The highest BCUT2D eigenvalue weighted by atomic mass is 16.6. The Labute approximate surface area is 134 Å². The summed E-state index contributed by atoms with van der Waals surface area (Å²) >= 11 is 0. The van der Waals surface area contributed by atoms with Crippen molar-refractivity contribution in [1.29, 1.82) is 0 Å². The normalized spacial score (nSPS) is 10.6. The van der Waals surface area contributed by atoms with Gasteiger partial charge >= 0.3 is 5.69 Å². The third-order valence-electron chi connectivity index (χ3n) is 3.01. The van der Waals surface area contributed by atoms with Crippen molar-refractivity contribution in [2.24, 2.45) is 0 Å². The predicted molar refractivity (Wildman–Crippen MR) is 85.0 cm³/mol. The van der Waals surface area contributed by atoms with E-state index in [2.05, 4.69) is 15.3 Å². The molecule has 23 heavy (non-hydrogen) atoms. The smallest absolute Gasteiger partial charge is 0.353 e. The summed E-state index contributed by atoms with van der Waals surface area (Å²) in [6.07, 6.45) is 1.30. The van der Waals surface area contributed by atoms with Gasteiger partial charge in [0.15, 0.2) is 0 Å². The highest BCUT2D eigenvalue weighted by Crippen LogP contribution is 2.31. The van der Waals surface area contributed by atoms with Crippen LogP contribution in [0.3, 0.4) is 0 Å². The summed E-state index contributed by atoms with van der Waals surface area (Å²) < 4.78 is 15.0. The molecule has 0 spiro atoms. The van der Waals surface area contributed by atoms with E-state index in [1.54, 1.807) is 26.2 Å². The van der Waals surface area contributed by atoms with Crippen molar-refractivity contribution in [2.45, 2.75) is 0 Å². The third kappa shape index (κ3) is 5.93. The van der Waals surface area contributed by atoms with Crippen LogP contribution in [-0.2, 0) is 14.2 Å². The van der Waals surface area contributed by atoms with E-state index in [0.717, 1.165) is 0 Å². The predicted octanol–water partition coefficient (Wildman–Crippen LogP) is 0.542. The van der Waals surface area contributed by atoms with Gasteiger partial charge in [0.25, 0.3) is 0 Å². The number of nitro groups is 1. The molecule has 1 aromatic heterocycles. The van der Waals surface area contributed by atoms with Crippen molar-refractivity contribution < 1.29 is 19.1 Å². The average Bonchev–Trinajstić information content (AvgIpc) is 2.55. The van der Waals surface area contributed by atoms with E-state index in [1.165, 1.54) is 6.33 Å². The second kappa shape index (κ2) is 10.6. The molecule has 1 aromatic rings. The number of ether oxygens (including phenoxy) is 3. The number of rotatable bonds is 12. The first-order valence-corrected chi connectivity index (χ1v) is 7.10. The Hall–Kier alpha value is -2.04. The second-order valence-corrected chi connectivity index (χ2v) is 4.54. The van der Waals surface area contributed by atoms with Crippen molar-refractivity contribution in [3.63, 3.8) is 0 Å². The fourth-order valence-corrected chi connectivity index (χ4v) is 1.90. The summed E-state index contributed by atoms with van der Waals surface area (Å²) in [4.78, 5) is 20.8. The van der Waals surface area contributed by atoms with Gasteiger partial charge in [-0.25, -0.2) is 9.97 Å². The van der Waals surface area contributed by atoms with Gasteiger partial charge in [0.1, 0.15) is 6.33 Å². The summed E-state index contributed by atoms with van der Waals surface area (Å²) in [5.41, 5.74) is -0.171. The number of nitrogens with one attached hydrogen (secondary N) is 1. The fourth-order valence-electron chi connectivity index (χ4n) is 1.90. The molecule has 1 N–H and O–H groups in total. The lowest BCUT2D eigenvalue weighted by atomic mass is 10.3. The van der Waals surface area contributed by atoms with Crippen LogP contribution in [0.1, 0.15) is 0 Å². The first-order chi connectivity index (χ1) is 11.2. The van der Waals surface area contributed by atoms with Crippen LogP contribution in [0.25, 0.3) is 0 Å². The monoisotopic (exact) mass is 329 g/mol. The number of aromatic nitrogens is 2. The molecular weight excluding hydrogens is 306 g/mol. The van der Waals surface area contributed by atoms with Crippen LogP contribution in [-0.4, -0.2) is 75.7 Å². The number of anilines is 2. The molecule has 0 saturated carbocycles. The van der Waals surface area contributed by atoms with Crippen molar-refractivity contribution in [1.82, 2.24) is 9.97 Å². The molecule has 0 saturated heterocycles. The molecule has 0 unspecified atom stereocenters. The van der Waals surface area contributed by atoms with Crippen molar-refractivity contribution in [3.8, 4) is 0 Å². The number of hydrogen-bond donors (Lipinski definition) is 1. The topological polar surface area (TPSA) is 112 Å². The molecule has 0 aliphatic carbocycles. The molecule has 0 aromatic carbocycles. The van der Waals surface area contributed by atoms with Crippen LogP contribution >= 0.6 is 0 Å². The number of methoxy groups -OCH3 is 3. The van der Waals surface area contributed by atoms with Crippen molar-refractivity contribution in [2.75, 3.05) is 71.0 Å². The van der Waals surface area contributed by atoms with E-state index in [9.17, 15) is 10.1 Å². The molecule has 0 aliphatic heterocycles. The summed E-state index contributed by atoms with van der Waals surface area (Å²) in [6.45, 7) is 2.55. The van der Waals surface area contributed by atoms with E-state index in [0.29, 0.717) is 39.5 Å². The van der Waals surface area contributed by atoms with E-state index in [1.807, 2.05) is 0 Å². The number of nitrogens with zero attached hydrogens (tertiary/aromatic N) is 4. The van der Waals surface area contributed by atoms with Gasteiger partial charge in [-0.05, 0) is 0 Å². The molecular formula is C13H23N5O5. The van der Waals surface area contributed by atoms with Crippen LogP contribution in [0.4, 0.5) is 17.3 Å². The largest absolute Gasteiger partial charge is 0.383 e. The van der Waals surface area contributed by atoms with Crippen LogP contribution < -0.4 is 10.2 Å². The Morgan fingerprint density at radius 2 is 1.74 bits per heavy atom. The zero-order valence-corrected chi connectivity index (χ0v) is 13.7. The third-order valence-corrected chi connectivity index (χ3v) is 3.01. The van der Waals surface area contributed by atoms with E-state index in [4.69, 9.17) is 14.2 Å². The van der Waals surface area contributed by atoms with E-state index >= 15 is 0 Å². The van der Waals surface area contributed by atoms with Crippen LogP contribution in [0.2, 0.25) is 0 Å². The van der Waals surface area contributed by atoms with Crippen molar-refractivity contribution in [3.05, 3.63) is 16.4 Å². The van der Waals surface area contributed by atoms with Gasteiger partial charge in [-0.3, -0.25) is 10.1 Å². The lowest BCUT2D eigenvalue weighted by Crippen LogP contribution is -2.32. The lowest BCUT2D eigenvalue weighted by molar-refractivity contribution is -0.383. The Morgan fingerprint density at radius 3 is 2.26 bits per heavy atom. The summed E-state index contributed by atoms with van der Waals surface area (Å²) in [5.74, 6) is 0.399. The Kier molecular flexibility index (Phi) is 8.80. The second-order valence-electron chi connectivity index (χ2n) is 4.54. The molecule has 0 fully saturated rings. The Balaban J connectivity index is 3.08. The van der Waals surface area contributed by atoms with Gasteiger partial charge in [-0.1, -0.05) is 0 Å². The molecule has 10 heteroatoms. The molecule has 0 bridgehead atoms. The zero-order valence-electron chi connectivity index (χ0n) is 13.7. The Morgan fingerprint density at radius 1 is 1.13 bits per heavy atom. The molecule has 1 heterocycles. The van der Waals surface area contributed by atoms with Crippen molar-refractivity contribution >= 4 is 17.3 Å². The first-order valence-electron chi connectivity index (χ1n) is 7.10. The summed E-state index contributed by atoms with van der Waals surface area (Å²) in [6, 6.07) is 0. The molecule has 0 atom stereocenters. The minimum atomic E-state index is -0.489. The first kappa shape index (κ1) is 19.0. The van der Waals surface area contributed by atoms with Crippen LogP contribution in [0, 0.1) is 10.1 Å². The van der Waals surface area contributed by atoms with Crippen LogP contribution in [0.5, 0.6) is 0 Å². The molecule has 1 rings (SSSR count). The average molecular weight is 329 g/mol. The van der Waals surface area contributed by atoms with Gasteiger partial charge < -0.3 is 24.4 Å². The zero-order chi connectivity index (χ0) is 17.1. The minimum absolute atomic E-state index is 0.164.